The van der Waals surface area contributed by atoms with Gasteiger partial charge in [-0.3, -0.25) is 4.79 Å². The Kier molecular flexibility index (Phi) is 3.75. The summed E-state index contributed by atoms with van der Waals surface area (Å²) in [7, 11) is 0. The fourth-order valence-corrected chi connectivity index (χ4v) is 3.01. The summed E-state index contributed by atoms with van der Waals surface area (Å²) >= 11 is 1.56. The van der Waals surface area contributed by atoms with Gasteiger partial charge in [-0.25, -0.2) is 0 Å². The van der Waals surface area contributed by atoms with Gasteiger partial charge in [0, 0.05) is 21.0 Å². The van der Waals surface area contributed by atoms with Gasteiger partial charge < -0.3 is 15.2 Å². The Morgan fingerprint density at radius 3 is 2.48 bits per heavy atom. The van der Waals surface area contributed by atoms with Crippen molar-refractivity contribution in [3.05, 3.63) is 42.0 Å². The fourth-order valence-electron chi connectivity index (χ4n) is 2.13. The van der Waals surface area contributed by atoms with Crippen LogP contribution in [0.3, 0.4) is 0 Å². The Bertz CT molecular complexity index is 700. The Morgan fingerprint density at radius 1 is 1.05 bits per heavy atom. The zero-order valence-corrected chi connectivity index (χ0v) is 12.4. The summed E-state index contributed by atoms with van der Waals surface area (Å²) in [5, 5.41) is 0. The van der Waals surface area contributed by atoms with Crippen LogP contribution in [0.25, 0.3) is 0 Å². The molecule has 1 aliphatic rings. The highest BCUT2D eigenvalue weighted by molar-refractivity contribution is 7.99. The van der Waals surface area contributed by atoms with Gasteiger partial charge in [0.05, 0.1) is 0 Å². The van der Waals surface area contributed by atoms with E-state index in [0.29, 0.717) is 24.5 Å². The van der Waals surface area contributed by atoms with Crippen LogP contribution in [0.1, 0.15) is 17.3 Å². The number of ketones is 1. The Labute approximate surface area is 127 Å². The first-order valence-electron chi connectivity index (χ1n) is 6.61. The second-order valence-electron chi connectivity index (χ2n) is 4.71. The monoisotopic (exact) mass is 301 g/mol. The fraction of sp³-hybridized carbons (Fsp3) is 0.188. The van der Waals surface area contributed by atoms with Gasteiger partial charge >= 0.3 is 0 Å². The van der Waals surface area contributed by atoms with Gasteiger partial charge in [-0.15, -0.1) is 0 Å². The zero-order chi connectivity index (χ0) is 14.8. The van der Waals surface area contributed by atoms with Crippen molar-refractivity contribution in [1.82, 2.24) is 0 Å². The highest BCUT2D eigenvalue weighted by Crippen LogP contribution is 2.37. The van der Waals surface area contributed by atoms with Crippen molar-refractivity contribution in [2.75, 3.05) is 18.9 Å². The van der Waals surface area contributed by atoms with Gasteiger partial charge in [-0.05, 0) is 43.3 Å². The molecule has 0 unspecified atom stereocenters. The molecule has 1 heterocycles. The molecule has 2 aromatic rings. The molecule has 0 spiro atoms. The molecule has 0 aliphatic carbocycles. The average molecular weight is 301 g/mol. The molecule has 0 bridgehead atoms. The van der Waals surface area contributed by atoms with Crippen LogP contribution in [0.2, 0.25) is 0 Å². The van der Waals surface area contributed by atoms with Crippen molar-refractivity contribution in [3.63, 3.8) is 0 Å². The van der Waals surface area contributed by atoms with Crippen LogP contribution in [0, 0.1) is 0 Å². The van der Waals surface area contributed by atoms with E-state index in [1.807, 2.05) is 30.3 Å². The third kappa shape index (κ3) is 2.97. The molecule has 108 valence electrons. The van der Waals surface area contributed by atoms with Crippen molar-refractivity contribution >= 4 is 23.2 Å². The first kappa shape index (κ1) is 13.8. The summed E-state index contributed by atoms with van der Waals surface area (Å²) in [6, 6.07) is 11.3. The first-order valence-corrected chi connectivity index (χ1v) is 7.43. The molecule has 21 heavy (non-hydrogen) atoms. The normalized spacial score (nSPS) is 13.0. The third-order valence-corrected chi connectivity index (χ3v) is 4.13. The molecule has 0 atom stereocenters. The SMILES string of the molecule is CC(=O)c1cc(Sc2ccc3c(c2)OCCO3)ccc1N. The molecular weight excluding hydrogens is 286 g/mol. The predicted octanol–water partition coefficient (Wildman–Crippen LogP) is 3.39. The minimum absolute atomic E-state index is 0.0304. The standard InChI is InChI=1S/C16H15NO3S/c1-10(18)13-8-11(2-4-14(13)17)21-12-3-5-15-16(9-12)20-7-6-19-15/h2-5,8-9H,6-7,17H2,1H3. The number of benzene rings is 2. The maximum Gasteiger partial charge on any atom is 0.162 e. The molecule has 0 amide bonds. The van der Waals surface area contributed by atoms with E-state index in [4.69, 9.17) is 15.2 Å². The van der Waals surface area contributed by atoms with Gasteiger partial charge in [0.25, 0.3) is 0 Å². The van der Waals surface area contributed by atoms with E-state index in [0.717, 1.165) is 21.3 Å². The number of hydrogen-bond acceptors (Lipinski definition) is 5. The molecule has 0 saturated carbocycles. The van der Waals surface area contributed by atoms with E-state index in [2.05, 4.69) is 0 Å². The highest BCUT2D eigenvalue weighted by atomic mass is 32.2. The van der Waals surface area contributed by atoms with Gasteiger partial charge in [-0.1, -0.05) is 11.8 Å². The van der Waals surface area contributed by atoms with Crippen LogP contribution in [0.4, 0.5) is 5.69 Å². The number of Topliss-reactive ketones (excluding diaryl/α,β-unsaturated/α-hetero) is 1. The van der Waals surface area contributed by atoms with Crippen LogP contribution in [0.15, 0.2) is 46.2 Å². The molecule has 4 nitrogen and oxygen atoms in total. The van der Waals surface area contributed by atoms with E-state index >= 15 is 0 Å². The lowest BCUT2D eigenvalue weighted by Gasteiger charge is -2.18. The topological polar surface area (TPSA) is 61.5 Å². The molecule has 0 saturated heterocycles. The molecular formula is C16H15NO3S. The Hall–Kier alpha value is -2.14. The number of rotatable bonds is 3. The molecule has 2 N–H and O–H groups in total. The summed E-state index contributed by atoms with van der Waals surface area (Å²) in [5.41, 5.74) is 6.87. The summed E-state index contributed by atoms with van der Waals surface area (Å²) in [6.45, 7) is 2.67. The lowest BCUT2D eigenvalue weighted by atomic mass is 10.1. The van der Waals surface area contributed by atoms with Crippen molar-refractivity contribution in [3.8, 4) is 11.5 Å². The van der Waals surface area contributed by atoms with Crippen molar-refractivity contribution in [2.24, 2.45) is 0 Å². The lowest BCUT2D eigenvalue weighted by molar-refractivity contribution is 0.101. The Morgan fingerprint density at radius 2 is 1.71 bits per heavy atom. The number of carbonyl (C=O) groups is 1. The van der Waals surface area contributed by atoms with Gasteiger partial charge in [0.15, 0.2) is 17.3 Å². The minimum Gasteiger partial charge on any atom is -0.486 e. The largest absolute Gasteiger partial charge is 0.486 e. The van der Waals surface area contributed by atoms with Crippen LogP contribution in [-0.4, -0.2) is 19.0 Å². The summed E-state index contributed by atoms with van der Waals surface area (Å²) < 4.78 is 11.1. The molecule has 1 aliphatic heterocycles. The molecule has 5 heteroatoms. The van der Waals surface area contributed by atoms with Crippen LogP contribution in [-0.2, 0) is 0 Å². The number of nitrogens with two attached hydrogens (primary N) is 1. The summed E-state index contributed by atoms with van der Waals surface area (Å²) in [4.78, 5) is 13.5. The van der Waals surface area contributed by atoms with E-state index in [-0.39, 0.29) is 5.78 Å². The van der Waals surface area contributed by atoms with Gasteiger partial charge in [-0.2, -0.15) is 0 Å². The lowest BCUT2D eigenvalue weighted by Crippen LogP contribution is -2.15. The minimum atomic E-state index is -0.0304. The maximum absolute atomic E-state index is 11.5. The molecule has 0 aromatic heterocycles. The van der Waals surface area contributed by atoms with Crippen molar-refractivity contribution < 1.29 is 14.3 Å². The molecule has 3 rings (SSSR count). The van der Waals surface area contributed by atoms with Crippen LogP contribution < -0.4 is 15.2 Å². The molecule has 0 fully saturated rings. The number of fused-ring (bicyclic) bond motifs is 1. The average Bonchev–Trinajstić information content (AvgIpc) is 2.49. The van der Waals surface area contributed by atoms with E-state index in [1.165, 1.54) is 6.92 Å². The number of nitrogen functional groups attached to an aromatic ring is 1. The number of ether oxygens (including phenoxy) is 2. The van der Waals surface area contributed by atoms with Gasteiger partial charge in [0.2, 0.25) is 0 Å². The van der Waals surface area contributed by atoms with E-state index < -0.39 is 0 Å². The first-order chi connectivity index (χ1) is 10.1. The molecule has 2 aromatic carbocycles. The Balaban J connectivity index is 1.86. The van der Waals surface area contributed by atoms with E-state index in [1.54, 1.807) is 17.8 Å². The quantitative estimate of drug-likeness (QED) is 0.695. The smallest absolute Gasteiger partial charge is 0.162 e. The number of anilines is 1. The maximum atomic E-state index is 11.5. The van der Waals surface area contributed by atoms with Crippen LogP contribution >= 0.6 is 11.8 Å². The highest BCUT2D eigenvalue weighted by Gasteiger charge is 2.13. The second-order valence-corrected chi connectivity index (χ2v) is 5.86. The zero-order valence-electron chi connectivity index (χ0n) is 11.6. The molecule has 0 radical (unpaired) electrons. The van der Waals surface area contributed by atoms with Crippen molar-refractivity contribution in [2.45, 2.75) is 16.7 Å². The number of carbonyl (C=O) groups excluding carboxylic acids is 1. The summed E-state index contributed by atoms with van der Waals surface area (Å²) in [6.07, 6.45) is 0. The summed E-state index contributed by atoms with van der Waals surface area (Å²) in [5.74, 6) is 1.50. The van der Waals surface area contributed by atoms with E-state index in [9.17, 15) is 4.79 Å². The number of hydrogen-bond donors (Lipinski definition) is 1. The van der Waals surface area contributed by atoms with Crippen LogP contribution in [0.5, 0.6) is 11.5 Å². The van der Waals surface area contributed by atoms with Gasteiger partial charge in [0.1, 0.15) is 13.2 Å². The second kappa shape index (κ2) is 5.69. The van der Waals surface area contributed by atoms with Crippen molar-refractivity contribution in [1.29, 1.82) is 0 Å². The predicted molar refractivity (Wildman–Crippen MR) is 82.4 cm³/mol. The third-order valence-electron chi connectivity index (χ3n) is 3.15.